The van der Waals surface area contributed by atoms with E-state index in [1.807, 2.05) is 24.3 Å². The van der Waals surface area contributed by atoms with Crippen molar-refractivity contribution in [2.75, 3.05) is 13.7 Å². The van der Waals surface area contributed by atoms with E-state index in [1.165, 1.54) is 0 Å². The molecule has 7 nitrogen and oxygen atoms in total. The fourth-order valence-electron chi connectivity index (χ4n) is 5.67. The molecule has 2 aliphatic heterocycles. The summed E-state index contributed by atoms with van der Waals surface area (Å²) in [4.78, 5) is 0. The van der Waals surface area contributed by atoms with Crippen LogP contribution >= 0.6 is 0 Å². The van der Waals surface area contributed by atoms with Crippen molar-refractivity contribution in [1.29, 1.82) is 0 Å². The molecule has 2 fully saturated rings. The first-order valence-corrected chi connectivity index (χ1v) is 22.5. The van der Waals surface area contributed by atoms with Gasteiger partial charge in [-0.3, -0.25) is 0 Å². The van der Waals surface area contributed by atoms with Crippen LogP contribution < -0.4 is 4.74 Å². The molecule has 0 bridgehead atoms. The largest absolute Gasteiger partial charge is 0.497 e. The first-order chi connectivity index (χ1) is 20.1. The third-order valence-corrected chi connectivity index (χ3v) is 19.8. The summed E-state index contributed by atoms with van der Waals surface area (Å²) in [5.41, 5.74) is 0.454. The van der Waals surface area contributed by atoms with Gasteiger partial charge in [0.2, 0.25) is 0 Å². The molecule has 44 heavy (non-hydrogen) atoms. The second-order valence-corrected chi connectivity index (χ2v) is 26.3. The van der Waals surface area contributed by atoms with E-state index in [4.69, 9.17) is 27.8 Å². The Hall–Kier alpha value is -0.786. The maximum atomic E-state index is 10.8. The topological polar surface area (TPSA) is 75.6 Å². The monoisotopic (exact) mass is 652 g/mol. The number of hydrogen-bond donors (Lipinski definition) is 1. The highest BCUT2D eigenvalue weighted by atomic mass is 28.4. The number of hydrogen-bond acceptors (Lipinski definition) is 7. The Morgan fingerprint density at radius 1 is 0.955 bits per heavy atom. The summed E-state index contributed by atoms with van der Waals surface area (Å²) in [6.07, 6.45) is 0.452. The number of fused-ring (bicyclic) bond motifs is 1. The van der Waals surface area contributed by atoms with Crippen molar-refractivity contribution in [3.8, 4) is 5.75 Å². The maximum Gasteiger partial charge on any atom is 0.192 e. The Kier molecular flexibility index (Phi) is 12.1. The summed E-state index contributed by atoms with van der Waals surface area (Å²) >= 11 is 0. The molecule has 254 valence electrons. The molecule has 0 spiro atoms. The highest BCUT2D eigenvalue weighted by Gasteiger charge is 2.55. The molecule has 0 radical (unpaired) electrons. The van der Waals surface area contributed by atoms with E-state index in [0.717, 1.165) is 30.8 Å². The maximum absolute atomic E-state index is 10.8. The quantitative estimate of drug-likeness (QED) is 0.229. The fourth-order valence-corrected chi connectivity index (χ4v) is 8.15. The fraction of sp³-hybridized carbons (Fsp3) is 0.829. The molecule has 8 atom stereocenters. The molecular formula is C35H64O7Si2. The predicted molar refractivity (Wildman–Crippen MR) is 183 cm³/mol. The summed E-state index contributed by atoms with van der Waals surface area (Å²) in [7, 11) is -2.29. The summed E-state index contributed by atoms with van der Waals surface area (Å²) < 4.78 is 39.3. The zero-order valence-corrected chi connectivity index (χ0v) is 32.3. The number of aliphatic hydroxyl groups is 1. The second kappa shape index (κ2) is 14.1. The minimum atomic E-state index is -2.10. The minimum Gasteiger partial charge on any atom is -0.497 e. The average molecular weight is 653 g/mol. The van der Waals surface area contributed by atoms with Gasteiger partial charge in [0.1, 0.15) is 11.9 Å². The van der Waals surface area contributed by atoms with Crippen LogP contribution in [0.1, 0.15) is 87.1 Å². The third kappa shape index (κ3) is 9.18. The van der Waals surface area contributed by atoms with Gasteiger partial charge in [-0.25, -0.2) is 0 Å². The van der Waals surface area contributed by atoms with Crippen LogP contribution in [0.4, 0.5) is 0 Å². The number of ether oxygens (including phenoxy) is 4. The molecule has 1 aromatic rings. The Bertz CT molecular complexity index is 1050. The summed E-state index contributed by atoms with van der Waals surface area (Å²) in [6, 6.07) is 7.89. The summed E-state index contributed by atoms with van der Waals surface area (Å²) in [5.74, 6) is 1.13. The lowest BCUT2D eigenvalue weighted by molar-refractivity contribution is -0.302. The van der Waals surface area contributed by atoms with Gasteiger partial charge in [0.15, 0.2) is 16.6 Å². The first kappa shape index (κ1) is 37.7. The smallest absolute Gasteiger partial charge is 0.192 e. The van der Waals surface area contributed by atoms with Crippen molar-refractivity contribution in [3.63, 3.8) is 0 Å². The molecule has 2 aliphatic rings. The molecule has 0 aromatic heterocycles. The number of benzene rings is 1. The van der Waals surface area contributed by atoms with E-state index in [1.54, 1.807) is 14.0 Å². The second-order valence-electron chi connectivity index (χ2n) is 16.8. The van der Waals surface area contributed by atoms with Crippen LogP contribution in [0.3, 0.4) is 0 Å². The standard InChI is InChI=1S/C35H64O7Si2/c1-24(22-39-43(11,12)33(3,4)5)19-28-30(42-44(13,14)34(6,7)8)21-35(9)31(40-28)20-29(32(41-35)25(2)36)38-23-26-15-17-27(37-10)18-16-26/h15-18,24-25,28-32,36H,19-23H2,1-14H3/t24-,25?,28+,29+,30-,31-,32-,35+/m1/s1. The molecular weight excluding hydrogens is 589 g/mol. The molecule has 3 rings (SSSR count). The average Bonchev–Trinajstić information content (AvgIpc) is 2.89. The van der Waals surface area contributed by atoms with Crippen LogP contribution in [0.2, 0.25) is 36.3 Å². The molecule has 0 aliphatic carbocycles. The van der Waals surface area contributed by atoms with E-state index in [0.29, 0.717) is 18.9 Å². The summed E-state index contributed by atoms with van der Waals surface area (Å²) in [6.45, 7) is 30.3. The van der Waals surface area contributed by atoms with Gasteiger partial charge in [-0.05, 0) is 80.1 Å². The molecule has 1 aromatic carbocycles. The van der Waals surface area contributed by atoms with Crippen LogP contribution in [0.25, 0.3) is 0 Å². The van der Waals surface area contributed by atoms with Gasteiger partial charge in [-0.15, -0.1) is 0 Å². The minimum absolute atomic E-state index is 0.0718. The van der Waals surface area contributed by atoms with Crippen LogP contribution in [0.5, 0.6) is 5.75 Å². The Labute approximate surface area is 270 Å². The lowest BCUT2D eigenvalue weighted by Gasteiger charge is -2.56. The lowest BCUT2D eigenvalue weighted by atomic mass is 9.78. The molecule has 0 amide bonds. The molecule has 1 N–H and O–H groups in total. The van der Waals surface area contributed by atoms with Crippen molar-refractivity contribution < 1.29 is 32.9 Å². The van der Waals surface area contributed by atoms with Crippen molar-refractivity contribution in [1.82, 2.24) is 0 Å². The van der Waals surface area contributed by atoms with Crippen molar-refractivity contribution >= 4 is 16.6 Å². The molecule has 9 heteroatoms. The van der Waals surface area contributed by atoms with Crippen molar-refractivity contribution in [2.45, 2.75) is 167 Å². The zero-order valence-electron chi connectivity index (χ0n) is 30.3. The van der Waals surface area contributed by atoms with Gasteiger partial charge < -0.3 is 32.9 Å². The third-order valence-electron chi connectivity index (χ3n) is 10.8. The van der Waals surface area contributed by atoms with E-state index in [9.17, 15) is 5.11 Å². The van der Waals surface area contributed by atoms with Crippen LogP contribution in [0, 0.1) is 5.92 Å². The van der Waals surface area contributed by atoms with E-state index < -0.39 is 34.4 Å². The van der Waals surface area contributed by atoms with Crippen LogP contribution in [0.15, 0.2) is 24.3 Å². The van der Waals surface area contributed by atoms with Gasteiger partial charge in [0.25, 0.3) is 0 Å². The highest BCUT2D eigenvalue weighted by Crippen LogP contribution is 2.46. The Morgan fingerprint density at radius 2 is 1.55 bits per heavy atom. The van der Waals surface area contributed by atoms with Crippen molar-refractivity contribution in [3.05, 3.63) is 29.8 Å². The summed E-state index contributed by atoms with van der Waals surface area (Å²) in [5, 5.41) is 11.1. The number of methoxy groups -OCH3 is 1. The highest BCUT2D eigenvalue weighted by molar-refractivity contribution is 6.74. The van der Waals surface area contributed by atoms with E-state index in [2.05, 4.69) is 81.6 Å². The molecule has 2 heterocycles. The van der Waals surface area contributed by atoms with Gasteiger partial charge in [0, 0.05) is 19.4 Å². The van der Waals surface area contributed by atoms with Crippen molar-refractivity contribution in [2.24, 2.45) is 5.92 Å². The van der Waals surface area contributed by atoms with E-state index in [-0.39, 0.29) is 34.5 Å². The van der Waals surface area contributed by atoms with Crippen LogP contribution in [-0.2, 0) is 29.7 Å². The van der Waals surface area contributed by atoms with Gasteiger partial charge in [-0.2, -0.15) is 0 Å². The predicted octanol–water partition coefficient (Wildman–Crippen LogP) is 8.10. The number of aliphatic hydroxyl groups excluding tert-OH is 1. The normalized spacial score (nSPS) is 30.0. The van der Waals surface area contributed by atoms with Crippen LogP contribution in [-0.4, -0.2) is 77.7 Å². The van der Waals surface area contributed by atoms with E-state index >= 15 is 0 Å². The Balaban J connectivity index is 1.81. The lowest BCUT2D eigenvalue weighted by Crippen LogP contribution is -2.65. The van der Waals surface area contributed by atoms with Gasteiger partial charge in [-0.1, -0.05) is 60.6 Å². The zero-order chi connectivity index (χ0) is 33.3. The Morgan fingerprint density at radius 3 is 2.07 bits per heavy atom. The molecule has 0 saturated carbocycles. The molecule has 2 saturated heterocycles. The van der Waals surface area contributed by atoms with Gasteiger partial charge >= 0.3 is 0 Å². The molecule has 1 unspecified atom stereocenters. The first-order valence-electron chi connectivity index (χ1n) is 16.7. The SMILES string of the molecule is COc1ccc(CO[C@H]2C[C@H]3O[C@@H](C[C@@H](C)CO[Si](C)(C)C(C)(C)C)[C@H](O[Si](C)(C)C(C)(C)C)C[C@]3(C)O[C@@H]2C(C)O)cc1. The number of rotatable bonds is 12. The van der Waals surface area contributed by atoms with Gasteiger partial charge in [0.05, 0.1) is 49.8 Å².